The lowest BCUT2D eigenvalue weighted by Crippen LogP contribution is -2.30. The number of halogens is 1. The van der Waals surface area contributed by atoms with Crippen molar-refractivity contribution >= 4 is 39.3 Å². The quantitative estimate of drug-likeness (QED) is 0.147. The number of nitrogens with one attached hydrogen (secondary N) is 1. The summed E-state index contributed by atoms with van der Waals surface area (Å²) in [6.07, 6.45) is 5.92. The number of β-amino-alcohol motifs (C(OH)–C–C–N with tert-alkyl or cyclic N) is 1. The maximum atomic E-state index is 15.4. The van der Waals surface area contributed by atoms with Crippen LogP contribution in [0.5, 0.6) is 0 Å². The Morgan fingerprint density at radius 2 is 1.74 bits per heavy atom. The van der Waals surface area contributed by atoms with Crippen molar-refractivity contribution in [2.45, 2.75) is 45.9 Å². The van der Waals surface area contributed by atoms with Gasteiger partial charge in [-0.3, -0.25) is 19.5 Å². The van der Waals surface area contributed by atoms with E-state index in [0.717, 1.165) is 69.5 Å². The Morgan fingerprint density at radius 1 is 0.962 bits per heavy atom. The molecule has 272 valence electrons. The van der Waals surface area contributed by atoms with Crippen molar-refractivity contribution in [1.82, 2.24) is 24.3 Å². The van der Waals surface area contributed by atoms with Crippen LogP contribution in [-0.2, 0) is 17.9 Å². The first-order valence-electron chi connectivity index (χ1n) is 18.0. The number of furan rings is 1. The third-order valence-corrected chi connectivity index (χ3v) is 10.8. The van der Waals surface area contributed by atoms with Crippen molar-refractivity contribution in [1.29, 1.82) is 0 Å². The lowest BCUT2D eigenvalue weighted by molar-refractivity contribution is -0.141. The minimum absolute atomic E-state index is 0.0845. The molecule has 0 saturated carbocycles. The summed E-state index contributed by atoms with van der Waals surface area (Å²) in [6, 6.07) is 17.6. The predicted octanol–water partition coefficient (Wildman–Crippen LogP) is 6.34. The number of aromatic nitrogens is 3. The molecule has 6 heterocycles. The highest BCUT2D eigenvalue weighted by Crippen LogP contribution is 2.38. The van der Waals surface area contributed by atoms with Crippen molar-refractivity contribution in [3.05, 3.63) is 106 Å². The fourth-order valence-electron chi connectivity index (χ4n) is 7.80. The number of aliphatic hydroxyl groups excluding tert-OH is 1. The van der Waals surface area contributed by atoms with Gasteiger partial charge in [-0.05, 0) is 85.3 Å². The molecule has 2 saturated heterocycles. The molecule has 2 aliphatic heterocycles. The van der Waals surface area contributed by atoms with Crippen LogP contribution in [0.15, 0.2) is 82.4 Å². The topological polar surface area (TPSA) is 137 Å². The second kappa shape index (κ2) is 14.2. The highest BCUT2D eigenvalue weighted by atomic mass is 19.1. The van der Waals surface area contributed by atoms with Crippen LogP contribution in [0.1, 0.15) is 29.5 Å². The van der Waals surface area contributed by atoms with E-state index in [-0.39, 0.29) is 29.2 Å². The number of rotatable bonds is 10. The van der Waals surface area contributed by atoms with Crippen LogP contribution in [0.2, 0.25) is 0 Å². The number of benzene rings is 2. The summed E-state index contributed by atoms with van der Waals surface area (Å²) in [7, 11) is 0. The Hall–Kier alpha value is -5.43. The van der Waals surface area contributed by atoms with Crippen LogP contribution in [-0.4, -0.2) is 79.3 Å². The molecular formula is C41H41FN6O5. The first-order chi connectivity index (χ1) is 25.6. The normalized spacial score (nSPS) is 18.0. The molecule has 6 aromatic rings. The van der Waals surface area contributed by atoms with E-state index in [4.69, 9.17) is 9.40 Å². The van der Waals surface area contributed by atoms with E-state index in [0.29, 0.717) is 44.2 Å². The highest BCUT2D eigenvalue weighted by molar-refractivity contribution is 5.91. The van der Waals surface area contributed by atoms with Gasteiger partial charge in [0.15, 0.2) is 17.2 Å². The first kappa shape index (κ1) is 34.6. The minimum atomic E-state index is -0.816. The molecule has 3 N–H and O–H groups in total. The fraction of sp³-hybridized carbons (Fsp3) is 0.317. The SMILES string of the molecule is Cc1c(Nc2nccc3cc(CN4CC[C@@H](O)C4)cnc23)cccc1-c1cccc(-c2cc3c(=O)n(CCN4CC[C@@H](C(=O)O)C4)cc(F)c3o2)c1C. The number of anilines is 2. The van der Waals surface area contributed by atoms with Gasteiger partial charge in [0.2, 0.25) is 0 Å². The van der Waals surface area contributed by atoms with Crippen molar-refractivity contribution in [3.8, 4) is 22.5 Å². The number of aliphatic hydroxyl groups is 1. The minimum Gasteiger partial charge on any atom is -0.481 e. The lowest BCUT2D eigenvalue weighted by atomic mass is 9.92. The summed E-state index contributed by atoms with van der Waals surface area (Å²) in [5.74, 6) is -0.813. The first-order valence-corrected chi connectivity index (χ1v) is 18.0. The third-order valence-electron chi connectivity index (χ3n) is 10.8. The molecule has 0 radical (unpaired) electrons. The van der Waals surface area contributed by atoms with Crippen LogP contribution in [0.25, 0.3) is 44.3 Å². The second-order valence-electron chi connectivity index (χ2n) is 14.3. The van der Waals surface area contributed by atoms with Crippen molar-refractivity contribution in [3.63, 3.8) is 0 Å². The van der Waals surface area contributed by atoms with Crippen LogP contribution in [0.3, 0.4) is 0 Å². The Labute approximate surface area is 305 Å². The number of nitrogens with zero attached hydrogens (tertiary/aromatic N) is 5. The van der Waals surface area contributed by atoms with Gasteiger partial charge in [-0.25, -0.2) is 9.37 Å². The predicted molar refractivity (Wildman–Crippen MR) is 202 cm³/mol. The summed E-state index contributed by atoms with van der Waals surface area (Å²) < 4.78 is 22.8. The van der Waals surface area contributed by atoms with Gasteiger partial charge >= 0.3 is 5.97 Å². The molecule has 0 spiro atoms. The van der Waals surface area contributed by atoms with E-state index in [9.17, 15) is 19.8 Å². The van der Waals surface area contributed by atoms with Crippen molar-refractivity contribution in [2.75, 3.05) is 38.0 Å². The Morgan fingerprint density at radius 3 is 2.51 bits per heavy atom. The second-order valence-corrected chi connectivity index (χ2v) is 14.3. The molecule has 2 aromatic carbocycles. The molecule has 2 aliphatic rings. The molecule has 12 heteroatoms. The smallest absolute Gasteiger partial charge is 0.307 e. The summed E-state index contributed by atoms with van der Waals surface area (Å²) >= 11 is 0. The molecule has 11 nitrogen and oxygen atoms in total. The van der Waals surface area contributed by atoms with E-state index in [1.54, 1.807) is 12.3 Å². The molecule has 2 atom stereocenters. The van der Waals surface area contributed by atoms with E-state index in [1.807, 2.05) is 61.3 Å². The van der Waals surface area contributed by atoms with E-state index < -0.39 is 17.7 Å². The fourth-order valence-corrected chi connectivity index (χ4v) is 7.80. The van der Waals surface area contributed by atoms with Gasteiger partial charge in [0.05, 0.1) is 17.4 Å². The molecule has 0 amide bonds. The van der Waals surface area contributed by atoms with Crippen LogP contribution in [0.4, 0.5) is 15.9 Å². The molecule has 8 rings (SSSR count). The van der Waals surface area contributed by atoms with Gasteiger partial charge in [0, 0.05) is 74.5 Å². The molecule has 4 aromatic heterocycles. The third kappa shape index (κ3) is 6.81. The number of hydrogen-bond acceptors (Lipinski definition) is 9. The van der Waals surface area contributed by atoms with Crippen molar-refractivity contribution in [2.24, 2.45) is 5.92 Å². The van der Waals surface area contributed by atoms with Gasteiger partial charge in [0.1, 0.15) is 11.3 Å². The molecule has 53 heavy (non-hydrogen) atoms. The molecule has 0 bridgehead atoms. The maximum absolute atomic E-state index is 15.4. The lowest BCUT2D eigenvalue weighted by Gasteiger charge is -2.17. The van der Waals surface area contributed by atoms with Crippen LogP contribution < -0.4 is 10.9 Å². The Bertz CT molecular complexity index is 2420. The van der Waals surface area contributed by atoms with Gasteiger partial charge in [0.25, 0.3) is 5.56 Å². The van der Waals surface area contributed by atoms with Gasteiger partial charge in [-0.15, -0.1) is 0 Å². The Balaban J connectivity index is 1.05. The summed E-state index contributed by atoms with van der Waals surface area (Å²) in [5.41, 5.74) is 6.92. The number of fused-ring (bicyclic) bond motifs is 2. The summed E-state index contributed by atoms with van der Waals surface area (Å²) in [5, 5.41) is 23.9. The number of carbonyl (C=O) groups is 1. The summed E-state index contributed by atoms with van der Waals surface area (Å²) in [6.45, 7) is 8.07. The molecular weight excluding hydrogens is 675 g/mol. The average molecular weight is 717 g/mol. The molecule has 0 aliphatic carbocycles. The zero-order valence-corrected chi connectivity index (χ0v) is 29.7. The number of carboxylic acid groups (broad SMARTS) is 1. The van der Waals surface area contributed by atoms with E-state index >= 15 is 4.39 Å². The number of pyridine rings is 3. The Kier molecular flexibility index (Phi) is 9.27. The summed E-state index contributed by atoms with van der Waals surface area (Å²) in [4.78, 5) is 38.5. The van der Waals surface area contributed by atoms with Crippen LogP contribution in [0, 0.1) is 25.6 Å². The van der Waals surface area contributed by atoms with Gasteiger partial charge < -0.3 is 29.4 Å². The average Bonchev–Trinajstić information content (AvgIpc) is 3.91. The van der Waals surface area contributed by atoms with Gasteiger partial charge in [-0.1, -0.05) is 30.3 Å². The number of aliphatic carboxylic acids is 1. The number of hydrogen-bond donors (Lipinski definition) is 3. The monoisotopic (exact) mass is 716 g/mol. The maximum Gasteiger partial charge on any atom is 0.307 e. The molecule has 0 unspecified atom stereocenters. The zero-order chi connectivity index (χ0) is 36.8. The van der Waals surface area contributed by atoms with E-state index in [2.05, 4.69) is 27.3 Å². The molecule has 2 fully saturated rings. The van der Waals surface area contributed by atoms with Crippen molar-refractivity contribution < 1.29 is 23.8 Å². The number of carboxylic acids is 1. The highest BCUT2D eigenvalue weighted by Gasteiger charge is 2.28. The van der Waals surface area contributed by atoms with Crippen LogP contribution >= 0.6 is 0 Å². The zero-order valence-electron chi connectivity index (χ0n) is 29.7. The largest absolute Gasteiger partial charge is 0.481 e. The standard InChI is InChI=1S/C41H41FN6O5/c1-24-30(5-3-7-32(24)36-18-33-38(53-36)34(42)23-48(40(33)50)16-15-46-13-10-28(21-46)41(51)52)31-6-4-8-35(25(31)2)45-39-37-27(9-12-43-39)17-26(19-44-37)20-47-14-11-29(49)22-47/h3-9,12,17-19,23,28-29,49H,10-11,13-16,20-22H2,1-2H3,(H,43,45)(H,51,52)/t28-,29-/m1/s1. The van der Waals surface area contributed by atoms with Gasteiger partial charge in [-0.2, -0.15) is 0 Å². The number of likely N-dealkylation sites (tertiary alicyclic amines) is 2. The van der Waals surface area contributed by atoms with E-state index in [1.165, 1.54) is 10.8 Å².